The number of rotatable bonds is 12. The number of aryl methyl sites for hydroxylation is 1. The van der Waals surface area contributed by atoms with Gasteiger partial charge in [-0.2, -0.15) is 32.1 Å². The molecule has 4 heterocycles. The van der Waals surface area contributed by atoms with Gasteiger partial charge >= 0.3 is 12.2 Å². The molecule has 6 aromatic rings. The molecule has 14 nitrogen and oxygen atoms in total. The van der Waals surface area contributed by atoms with E-state index in [-0.39, 0.29) is 51.7 Å². The number of halogens is 8. The van der Waals surface area contributed by atoms with Gasteiger partial charge in [-0.05, 0) is 101 Å². The Morgan fingerprint density at radius 1 is 1.03 bits per heavy atom. The monoisotopic (exact) mass is 973 g/mol. The van der Waals surface area contributed by atoms with Crippen LogP contribution in [0.15, 0.2) is 46.9 Å². The molecule has 3 aliphatic rings. The number of nitrogens with zero attached hydrogens (tertiary/aromatic N) is 7. The second-order valence-electron chi connectivity index (χ2n) is 18.0. The summed E-state index contributed by atoms with van der Waals surface area (Å²) in [7, 11) is -2.13. The fraction of sp³-hybridized carbons (Fsp3) is 0.409. The summed E-state index contributed by atoms with van der Waals surface area (Å²) in [6.45, 7) is 4.67. The predicted molar refractivity (Wildman–Crippen MR) is 228 cm³/mol. The lowest BCUT2D eigenvalue weighted by molar-refractivity contribution is -0.142. The quantitative estimate of drug-likeness (QED) is 0.0795. The minimum absolute atomic E-state index is 0.0161. The molecule has 3 aliphatic carbocycles. The summed E-state index contributed by atoms with van der Waals surface area (Å²) >= 11 is 6.80. The van der Waals surface area contributed by atoms with Crippen LogP contribution in [0.1, 0.15) is 98.7 Å². The Morgan fingerprint density at radius 3 is 2.36 bits per heavy atom. The Labute approximate surface area is 382 Å². The van der Waals surface area contributed by atoms with E-state index in [9.17, 15) is 40.3 Å². The van der Waals surface area contributed by atoms with Crippen LogP contribution < -0.4 is 10.6 Å². The van der Waals surface area contributed by atoms with E-state index in [4.69, 9.17) is 21.0 Å². The number of nitrogens with one attached hydrogen (secondary N) is 2. The van der Waals surface area contributed by atoms with Gasteiger partial charge in [0.15, 0.2) is 21.3 Å². The number of fused-ring (bicyclic) bond motifs is 4. The van der Waals surface area contributed by atoms with E-state index < -0.39 is 103 Å². The molecule has 0 aliphatic heterocycles. The van der Waals surface area contributed by atoms with Crippen molar-refractivity contribution in [2.45, 2.75) is 99.6 Å². The number of pyridine rings is 1. The number of carbonyl (C=O) groups is 1. The third-order valence-electron chi connectivity index (χ3n) is 12.0. The number of benzene rings is 2. The van der Waals surface area contributed by atoms with E-state index >= 15 is 8.78 Å². The summed E-state index contributed by atoms with van der Waals surface area (Å²) in [6, 6.07) is 7.11. The first-order valence-corrected chi connectivity index (χ1v) is 22.7. The number of sulfone groups is 1. The lowest BCUT2D eigenvalue weighted by Gasteiger charge is -2.23. The Balaban J connectivity index is 1.19. The predicted octanol–water partition coefficient (Wildman–Crippen LogP) is 8.15. The van der Waals surface area contributed by atoms with Crippen molar-refractivity contribution in [1.82, 2.24) is 40.1 Å². The van der Waals surface area contributed by atoms with Gasteiger partial charge in [0.05, 0.1) is 32.9 Å². The molecule has 3 N–H and O–H groups in total. The van der Waals surface area contributed by atoms with E-state index in [1.165, 1.54) is 44.5 Å². The number of alkyl halides is 5. The summed E-state index contributed by atoms with van der Waals surface area (Å²) in [4.78, 5) is 19.0. The highest BCUT2D eigenvalue weighted by atomic mass is 35.5. The van der Waals surface area contributed by atoms with E-state index in [1.54, 1.807) is 19.2 Å². The van der Waals surface area contributed by atoms with Gasteiger partial charge in [0.25, 0.3) is 5.92 Å². The summed E-state index contributed by atoms with van der Waals surface area (Å²) in [5.41, 5.74) is -3.85. The van der Waals surface area contributed by atoms with Gasteiger partial charge in [-0.25, -0.2) is 22.2 Å². The minimum atomic E-state index is -5.11. The zero-order valence-corrected chi connectivity index (χ0v) is 37.6. The van der Waals surface area contributed by atoms with Crippen LogP contribution in [0.25, 0.3) is 22.0 Å². The maximum atomic E-state index is 15.6. The van der Waals surface area contributed by atoms with Gasteiger partial charge in [-0.3, -0.25) is 19.5 Å². The number of hydrogen-bond acceptors (Lipinski definition) is 11. The van der Waals surface area contributed by atoms with Crippen molar-refractivity contribution in [3.8, 4) is 23.0 Å². The number of anilines is 2. The molecule has 0 saturated heterocycles. The highest BCUT2D eigenvalue weighted by Gasteiger charge is 2.68. The number of amides is 1. The topological polar surface area (TPSA) is 183 Å². The van der Waals surface area contributed by atoms with Crippen LogP contribution in [-0.2, 0) is 52.3 Å². The fourth-order valence-corrected chi connectivity index (χ4v) is 10.6. The molecule has 23 heteroatoms. The third-order valence-corrected chi connectivity index (χ3v) is 15.2. The number of carbonyl (C=O) groups excluding carboxylic acids is 1. The van der Waals surface area contributed by atoms with Crippen LogP contribution >= 0.6 is 11.6 Å². The summed E-state index contributed by atoms with van der Waals surface area (Å²) in [6.07, 6.45) is -4.73. The number of aliphatic hydroxyl groups is 1. The van der Waals surface area contributed by atoms with Crippen LogP contribution in [0, 0.1) is 29.4 Å². The third kappa shape index (κ3) is 8.39. The largest absolute Gasteiger partial charge is 0.435 e. The van der Waals surface area contributed by atoms with Crippen molar-refractivity contribution in [1.29, 1.82) is 0 Å². The van der Waals surface area contributed by atoms with Crippen molar-refractivity contribution in [3.05, 3.63) is 98.9 Å². The van der Waals surface area contributed by atoms with E-state index in [2.05, 4.69) is 42.9 Å². The summed E-state index contributed by atoms with van der Waals surface area (Å²) < 4.78 is 136. The van der Waals surface area contributed by atoms with Crippen molar-refractivity contribution in [2.24, 2.45) is 13.0 Å². The Morgan fingerprint density at radius 2 is 1.72 bits per heavy atom. The number of aromatic nitrogens is 7. The molecule has 2 saturated carbocycles. The van der Waals surface area contributed by atoms with Crippen LogP contribution in [0.3, 0.4) is 0 Å². The van der Waals surface area contributed by atoms with Crippen molar-refractivity contribution in [3.63, 3.8) is 0 Å². The minimum Gasteiger partial charge on any atom is -0.405 e. The highest BCUT2D eigenvalue weighted by Crippen LogP contribution is 2.68. The van der Waals surface area contributed by atoms with Crippen LogP contribution in [0.2, 0.25) is 5.02 Å². The molecule has 0 bridgehead atoms. The second-order valence-corrected chi connectivity index (χ2v) is 21.1. The van der Waals surface area contributed by atoms with Gasteiger partial charge in [-0.1, -0.05) is 28.7 Å². The summed E-state index contributed by atoms with van der Waals surface area (Å²) in [5, 5.41) is 31.7. The zero-order chi connectivity index (χ0) is 48.3. The standard InChI is InChI=1S/C44H39ClF7N9O5S/c1-41(2,67(64,65)24-7-8-24)13-12-23-6-9-25(26-10-11-29(45)33-35(26)60(5)59-38(33)55-40-57-56-39(66-40)42(3,4)63)34(53-23)30(16-20-14-21(46)17-22(47)15-20)54-31(62)19-61-37-32(36(58-61)44(50,51)52)27-18-28(27)43(37,48)49/h6,9-11,14-15,17,24,27-28,30,63H,7-8,16,18-19H2,1-5H3,(H,54,62)(H,55,57,59)/t27?,28-,30+/m1/s1. The van der Waals surface area contributed by atoms with Crippen molar-refractivity contribution >= 4 is 50.1 Å². The molecular formula is C44H39ClF7N9O5S. The van der Waals surface area contributed by atoms with Crippen LogP contribution in [0.5, 0.6) is 0 Å². The maximum absolute atomic E-state index is 15.6. The Hall–Kier alpha value is -6.05. The molecule has 1 amide bonds. The van der Waals surface area contributed by atoms with Crippen LogP contribution in [0.4, 0.5) is 42.6 Å². The molecule has 9 rings (SSSR count). The van der Waals surface area contributed by atoms with Gasteiger partial charge < -0.3 is 14.8 Å². The molecule has 4 aromatic heterocycles. The first-order chi connectivity index (χ1) is 31.2. The van der Waals surface area contributed by atoms with Crippen molar-refractivity contribution in [2.75, 3.05) is 5.32 Å². The van der Waals surface area contributed by atoms with Gasteiger partial charge in [0.1, 0.15) is 39.9 Å². The smallest absolute Gasteiger partial charge is 0.405 e. The molecule has 352 valence electrons. The van der Waals surface area contributed by atoms with Gasteiger partial charge in [0.2, 0.25) is 11.8 Å². The van der Waals surface area contributed by atoms with Crippen molar-refractivity contribution < 1.29 is 53.5 Å². The van der Waals surface area contributed by atoms with E-state index in [0.717, 1.165) is 12.1 Å². The number of hydrogen-bond donors (Lipinski definition) is 3. The van der Waals surface area contributed by atoms with E-state index in [1.807, 2.05) is 0 Å². The van der Waals surface area contributed by atoms with Gasteiger partial charge in [-0.15, -0.1) is 5.10 Å². The molecule has 67 heavy (non-hydrogen) atoms. The van der Waals surface area contributed by atoms with E-state index in [0.29, 0.717) is 40.1 Å². The normalized spacial score (nSPS) is 18.3. The summed E-state index contributed by atoms with van der Waals surface area (Å²) in [5.74, 6) is -3.61. The molecule has 0 spiro atoms. The fourth-order valence-electron chi connectivity index (χ4n) is 8.57. The lowest BCUT2D eigenvalue weighted by atomic mass is 9.93. The van der Waals surface area contributed by atoms with Crippen LogP contribution in [-0.4, -0.2) is 64.2 Å². The Bertz CT molecular complexity index is 3180. The zero-order valence-electron chi connectivity index (χ0n) is 36.0. The average molecular weight is 974 g/mol. The molecule has 3 atom stereocenters. The SMILES string of the molecule is Cn1nc(Nc2nnc(C(C)(C)O)o2)c2c(Cl)ccc(-c3ccc(C#CC(C)(C)S(=O)(=O)C4CC4)nc3[C@H](Cc3cc(F)cc(F)c3)NC(=O)Cn3nc(C(F)(F)F)c4c3C(F)(F)[C@@H]3CC43)c21. The molecule has 1 unspecified atom stereocenters. The lowest BCUT2D eigenvalue weighted by Crippen LogP contribution is -2.35. The molecule has 2 fully saturated rings. The first kappa shape index (κ1) is 46.1. The van der Waals surface area contributed by atoms with Gasteiger partial charge in [0, 0.05) is 35.7 Å². The molecule has 0 radical (unpaired) electrons. The Kier molecular flexibility index (Phi) is 10.8. The average Bonchev–Trinajstić information content (AvgIpc) is 4.10. The molecular weight excluding hydrogens is 935 g/mol. The highest BCUT2D eigenvalue weighted by molar-refractivity contribution is 7.93. The second kappa shape index (κ2) is 15.8. The molecule has 2 aromatic carbocycles. The first-order valence-electron chi connectivity index (χ1n) is 20.8. The maximum Gasteiger partial charge on any atom is 0.435 e.